The van der Waals surface area contributed by atoms with Crippen LogP contribution in [0.15, 0.2) is 51.9 Å². The first kappa shape index (κ1) is 25.6. The van der Waals surface area contributed by atoms with Gasteiger partial charge in [0.15, 0.2) is 5.84 Å². The van der Waals surface area contributed by atoms with E-state index in [-0.39, 0.29) is 27.7 Å². The Kier molecular flexibility index (Phi) is 8.19. The van der Waals surface area contributed by atoms with Gasteiger partial charge >= 0.3 is 6.03 Å². The molecule has 0 saturated carbocycles. The number of hydrogen-bond donors (Lipinski definition) is 5. The van der Waals surface area contributed by atoms with Crippen LogP contribution in [0.2, 0.25) is 0 Å². The minimum absolute atomic E-state index is 0.174. The van der Waals surface area contributed by atoms with Crippen molar-refractivity contribution in [1.82, 2.24) is 10.4 Å². The third-order valence-electron chi connectivity index (χ3n) is 5.03. The third kappa shape index (κ3) is 6.96. The lowest BCUT2D eigenvalue weighted by Crippen LogP contribution is -2.44. The lowest BCUT2D eigenvalue weighted by atomic mass is 9.92. The minimum atomic E-state index is -3.89. The number of piperidine rings is 1. The molecule has 1 saturated heterocycles. The van der Waals surface area contributed by atoms with E-state index in [0.717, 1.165) is 0 Å². The number of halogens is 2. The van der Waals surface area contributed by atoms with E-state index in [1.54, 1.807) is 4.90 Å². The monoisotopic (exact) mass is 556 g/mol. The number of carbonyl (C=O) groups excluding carboxylic acids is 2. The van der Waals surface area contributed by atoms with Crippen molar-refractivity contribution in [3.63, 3.8) is 0 Å². The van der Waals surface area contributed by atoms with Gasteiger partial charge in [0.2, 0.25) is 5.78 Å². The molecule has 14 heteroatoms. The van der Waals surface area contributed by atoms with E-state index in [1.165, 1.54) is 42.5 Å². The van der Waals surface area contributed by atoms with Crippen molar-refractivity contribution in [2.24, 2.45) is 16.0 Å². The van der Waals surface area contributed by atoms with Crippen LogP contribution in [0.25, 0.3) is 0 Å². The predicted molar refractivity (Wildman–Crippen MR) is 128 cm³/mol. The van der Waals surface area contributed by atoms with Crippen LogP contribution in [-0.2, 0) is 15.0 Å². The summed E-state index contributed by atoms with van der Waals surface area (Å²) in [7, 11) is -3.89. The number of aliphatic imine (C=N–C) groups is 1. The molecule has 2 amide bonds. The molecule has 0 spiro atoms. The average molecular weight is 557 g/mol. The lowest BCUT2D eigenvalue weighted by molar-refractivity contribution is -0.118. The van der Waals surface area contributed by atoms with Crippen LogP contribution in [0.5, 0.6) is 0 Å². The summed E-state index contributed by atoms with van der Waals surface area (Å²) < 4.78 is 37.8. The van der Waals surface area contributed by atoms with Gasteiger partial charge in [-0.05, 0) is 71.2 Å². The van der Waals surface area contributed by atoms with Gasteiger partial charge in [-0.3, -0.25) is 14.7 Å². The second kappa shape index (κ2) is 10.9. The normalized spacial score (nSPS) is 15.1. The number of hydroxylamine groups is 1. The Morgan fingerprint density at radius 2 is 1.74 bits per heavy atom. The summed E-state index contributed by atoms with van der Waals surface area (Å²) in [4.78, 5) is 30.9. The van der Waals surface area contributed by atoms with Gasteiger partial charge in [0.05, 0.1) is 10.2 Å². The molecular weight excluding hydrogens is 535 g/mol. The highest BCUT2D eigenvalue weighted by Gasteiger charge is 2.30. The number of anilines is 2. The SMILES string of the molecule is NS(=O)(=O)Nc1ccc(NC(=O)N2CCC(C(=O)C(=Nc3ccc(F)c(Br)c3)NO)CC2)cc1. The van der Waals surface area contributed by atoms with E-state index < -0.39 is 27.7 Å². The minimum Gasteiger partial charge on any atom is -0.324 e. The fourth-order valence-electron chi connectivity index (χ4n) is 3.35. The smallest absolute Gasteiger partial charge is 0.321 e. The van der Waals surface area contributed by atoms with Gasteiger partial charge in [-0.25, -0.2) is 24.8 Å². The van der Waals surface area contributed by atoms with E-state index in [1.807, 2.05) is 5.48 Å². The molecule has 0 unspecified atom stereocenters. The Hall–Kier alpha value is -3.07. The van der Waals surface area contributed by atoms with Crippen molar-refractivity contribution in [3.8, 4) is 0 Å². The second-order valence-corrected chi connectivity index (χ2v) is 9.60. The third-order valence-corrected chi connectivity index (χ3v) is 6.16. The number of amidine groups is 1. The first-order valence-corrected chi connectivity index (χ1v) is 12.3. The van der Waals surface area contributed by atoms with Gasteiger partial charge in [-0.2, -0.15) is 8.42 Å². The summed E-state index contributed by atoms with van der Waals surface area (Å²) in [5, 5.41) is 17.0. The molecule has 0 bridgehead atoms. The summed E-state index contributed by atoms with van der Waals surface area (Å²) in [5.41, 5.74) is 2.80. The first-order chi connectivity index (χ1) is 16.1. The van der Waals surface area contributed by atoms with Crippen molar-refractivity contribution < 1.29 is 27.6 Å². The highest BCUT2D eigenvalue weighted by molar-refractivity contribution is 9.10. The Morgan fingerprint density at radius 1 is 1.12 bits per heavy atom. The molecule has 1 heterocycles. The van der Waals surface area contributed by atoms with Crippen molar-refractivity contribution in [2.45, 2.75) is 12.8 Å². The first-order valence-electron chi connectivity index (χ1n) is 10.0. The van der Waals surface area contributed by atoms with E-state index in [0.29, 0.717) is 31.6 Å². The number of ketones is 1. The number of nitrogens with two attached hydrogens (primary N) is 1. The Morgan fingerprint density at radius 3 is 2.29 bits per heavy atom. The number of nitrogens with zero attached hydrogens (tertiary/aromatic N) is 2. The van der Waals surface area contributed by atoms with Gasteiger partial charge in [-0.15, -0.1) is 0 Å². The molecule has 1 aliphatic heterocycles. The fraction of sp³-hybridized carbons (Fsp3) is 0.250. The molecule has 2 aromatic rings. The molecule has 1 fully saturated rings. The molecular formula is C20H22BrFN6O5S. The quantitative estimate of drug-likeness (QED) is 0.208. The maximum Gasteiger partial charge on any atom is 0.321 e. The van der Waals surface area contributed by atoms with E-state index in [9.17, 15) is 27.6 Å². The van der Waals surface area contributed by atoms with Gasteiger partial charge in [-0.1, -0.05) is 0 Å². The molecule has 2 aromatic carbocycles. The van der Waals surface area contributed by atoms with Crippen molar-refractivity contribution >= 4 is 60.9 Å². The number of rotatable bonds is 6. The largest absolute Gasteiger partial charge is 0.324 e. The summed E-state index contributed by atoms with van der Waals surface area (Å²) >= 11 is 3.04. The van der Waals surface area contributed by atoms with Gasteiger partial charge in [0.1, 0.15) is 5.82 Å². The van der Waals surface area contributed by atoms with Crippen LogP contribution in [0.1, 0.15) is 12.8 Å². The Balaban J connectivity index is 1.56. The topological polar surface area (TPSA) is 166 Å². The molecule has 182 valence electrons. The second-order valence-electron chi connectivity index (χ2n) is 7.45. The number of carbonyl (C=O) groups is 2. The van der Waals surface area contributed by atoms with Crippen molar-refractivity contribution in [1.29, 1.82) is 0 Å². The van der Waals surface area contributed by atoms with Gasteiger partial charge in [0, 0.05) is 30.4 Å². The summed E-state index contributed by atoms with van der Waals surface area (Å²) in [6.45, 7) is 0.599. The zero-order valence-electron chi connectivity index (χ0n) is 17.7. The lowest BCUT2D eigenvalue weighted by Gasteiger charge is -2.31. The molecule has 3 rings (SSSR count). The van der Waals surface area contributed by atoms with E-state index in [4.69, 9.17) is 5.14 Å². The summed E-state index contributed by atoms with van der Waals surface area (Å²) in [6.07, 6.45) is 0.717. The average Bonchev–Trinajstić information content (AvgIpc) is 2.79. The van der Waals surface area contributed by atoms with Crippen molar-refractivity contribution in [2.75, 3.05) is 23.1 Å². The number of urea groups is 1. The van der Waals surface area contributed by atoms with Crippen LogP contribution < -0.4 is 20.7 Å². The molecule has 0 aliphatic carbocycles. The Bertz CT molecular complexity index is 1200. The standard InChI is InChI=1S/C20H22BrFN6O5S/c21-16-11-15(5-6-17(16)22)24-19(26-31)18(29)12-7-9-28(10-8-12)20(30)25-13-1-3-14(4-2-13)27-34(23,32)33/h1-6,11-12,27,31H,7-10H2,(H,24,26)(H,25,30)(H2,23,32,33). The van der Waals surface area contributed by atoms with Crippen LogP contribution in [0.4, 0.5) is 26.2 Å². The Labute approximate surface area is 203 Å². The van der Waals surface area contributed by atoms with Crippen molar-refractivity contribution in [3.05, 3.63) is 52.8 Å². The van der Waals surface area contributed by atoms with E-state index in [2.05, 4.69) is 31.0 Å². The highest BCUT2D eigenvalue weighted by atomic mass is 79.9. The molecule has 6 N–H and O–H groups in total. The van der Waals surface area contributed by atoms with Crippen LogP contribution in [-0.4, -0.2) is 49.3 Å². The van der Waals surface area contributed by atoms with Gasteiger partial charge in [0.25, 0.3) is 10.2 Å². The number of likely N-dealkylation sites (tertiary alicyclic amines) is 1. The molecule has 0 aromatic heterocycles. The fourth-order valence-corrected chi connectivity index (χ4v) is 4.18. The number of nitrogens with one attached hydrogen (secondary N) is 3. The summed E-state index contributed by atoms with van der Waals surface area (Å²) in [5.74, 6) is -1.63. The maximum atomic E-state index is 13.4. The molecule has 11 nitrogen and oxygen atoms in total. The molecule has 0 atom stereocenters. The number of amides is 2. The zero-order chi connectivity index (χ0) is 24.9. The number of benzene rings is 2. The van der Waals surface area contributed by atoms with Crippen LogP contribution in [0, 0.1) is 11.7 Å². The highest BCUT2D eigenvalue weighted by Crippen LogP contribution is 2.24. The molecule has 1 aliphatic rings. The zero-order valence-corrected chi connectivity index (χ0v) is 20.1. The van der Waals surface area contributed by atoms with E-state index >= 15 is 0 Å². The number of Topliss-reactive ketones (excluding diaryl/α,β-unsaturated/α-hetero) is 1. The van der Waals surface area contributed by atoms with Crippen LogP contribution >= 0.6 is 15.9 Å². The maximum absolute atomic E-state index is 13.4. The van der Waals surface area contributed by atoms with Crippen LogP contribution in [0.3, 0.4) is 0 Å². The molecule has 34 heavy (non-hydrogen) atoms. The van der Waals surface area contributed by atoms with Gasteiger partial charge < -0.3 is 10.2 Å². The molecule has 0 radical (unpaired) electrons. The predicted octanol–water partition coefficient (Wildman–Crippen LogP) is 2.73. The number of hydrogen-bond acceptors (Lipinski definition) is 6. The summed E-state index contributed by atoms with van der Waals surface area (Å²) in [6, 6.07) is 9.50.